The molecule has 2 heterocycles. The van der Waals surface area contributed by atoms with Crippen molar-refractivity contribution in [2.75, 3.05) is 13.2 Å². The SMILES string of the molecule is Cc1cc(CN2CCC[C@@H]2COc2ccccc2)no1. The maximum Gasteiger partial charge on any atom is 0.133 e. The lowest BCUT2D eigenvalue weighted by molar-refractivity contribution is 0.164. The van der Waals surface area contributed by atoms with Gasteiger partial charge in [-0.3, -0.25) is 4.90 Å². The van der Waals surface area contributed by atoms with Crippen molar-refractivity contribution in [3.05, 3.63) is 47.9 Å². The van der Waals surface area contributed by atoms with Gasteiger partial charge in [0.15, 0.2) is 0 Å². The second-order valence-corrected chi connectivity index (χ2v) is 5.32. The number of aryl methyl sites for hydroxylation is 1. The zero-order valence-electron chi connectivity index (χ0n) is 11.8. The largest absolute Gasteiger partial charge is 0.492 e. The lowest BCUT2D eigenvalue weighted by atomic mass is 10.2. The lowest BCUT2D eigenvalue weighted by Gasteiger charge is -2.23. The van der Waals surface area contributed by atoms with E-state index in [0.717, 1.165) is 36.9 Å². The van der Waals surface area contributed by atoms with Gasteiger partial charge in [0.05, 0.1) is 5.69 Å². The average Bonchev–Trinajstić information content (AvgIpc) is 3.07. The first kappa shape index (κ1) is 13.2. The third kappa shape index (κ3) is 3.20. The van der Waals surface area contributed by atoms with Crippen molar-refractivity contribution in [2.24, 2.45) is 0 Å². The number of para-hydroxylation sites is 1. The van der Waals surface area contributed by atoms with E-state index in [9.17, 15) is 0 Å². The second-order valence-electron chi connectivity index (χ2n) is 5.32. The lowest BCUT2D eigenvalue weighted by Crippen LogP contribution is -2.33. The molecule has 0 saturated carbocycles. The molecule has 2 aromatic rings. The van der Waals surface area contributed by atoms with Crippen molar-refractivity contribution in [3.63, 3.8) is 0 Å². The highest BCUT2D eigenvalue weighted by Gasteiger charge is 2.25. The molecular formula is C16H20N2O2. The predicted octanol–water partition coefficient (Wildman–Crippen LogP) is 3.03. The Hall–Kier alpha value is -1.81. The first-order valence-electron chi connectivity index (χ1n) is 7.15. The Labute approximate surface area is 119 Å². The molecule has 1 atom stereocenters. The van der Waals surface area contributed by atoms with Crippen LogP contribution >= 0.6 is 0 Å². The van der Waals surface area contributed by atoms with Crippen molar-refractivity contribution in [1.82, 2.24) is 10.1 Å². The first-order chi connectivity index (χ1) is 9.81. The fourth-order valence-electron chi connectivity index (χ4n) is 2.70. The molecule has 0 aliphatic carbocycles. The van der Waals surface area contributed by atoms with Crippen LogP contribution < -0.4 is 4.74 Å². The Balaban J connectivity index is 1.55. The maximum absolute atomic E-state index is 5.88. The number of nitrogens with zero attached hydrogens (tertiary/aromatic N) is 2. The van der Waals surface area contributed by atoms with E-state index in [0.29, 0.717) is 6.04 Å². The van der Waals surface area contributed by atoms with Gasteiger partial charge in [-0.2, -0.15) is 0 Å². The van der Waals surface area contributed by atoms with Gasteiger partial charge in [-0.25, -0.2) is 0 Å². The predicted molar refractivity (Wildman–Crippen MR) is 76.6 cm³/mol. The van der Waals surface area contributed by atoms with Crippen LogP contribution in [0.5, 0.6) is 5.75 Å². The molecule has 1 aliphatic heterocycles. The van der Waals surface area contributed by atoms with Gasteiger partial charge in [0.2, 0.25) is 0 Å². The van der Waals surface area contributed by atoms with Crippen molar-refractivity contribution in [1.29, 1.82) is 0 Å². The molecule has 0 amide bonds. The third-order valence-electron chi connectivity index (χ3n) is 3.73. The van der Waals surface area contributed by atoms with Crippen LogP contribution in [0.4, 0.5) is 0 Å². The van der Waals surface area contributed by atoms with E-state index < -0.39 is 0 Å². The van der Waals surface area contributed by atoms with Crippen LogP contribution in [0, 0.1) is 6.92 Å². The van der Waals surface area contributed by atoms with Crippen LogP contribution in [-0.2, 0) is 6.54 Å². The van der Waals surface area contributed by atoms with Gasteiger partial charge in [-0.05, 0) is 38.4 Å². The number of hydrogen-bond donors (Lipinski definition) is 0. The minimum Gasteiger partial charge on any atom is -0.492 e. The van der Waals surface area contributed by atoms with E-state index in [-0.39, 0.29) is 0 Å². The summed E-state index contributed by atoms with van der Waals surface area (Å²) < 4.78 is 11.0. The summed E-state index contributed by atoms with van der Waals surface area (Å²) >= 11 is 0. The summed E-state index contributed by atoms with van der Waals surface area (Å²) in [5.74, 6) is 1.81. The zero-order valence-corrected chi connectivity index (χ0v) is 11.8. The fraction of sp³-hybridized carbons (Fsp3) is 0.438. The van der Waals surface area contributed by atoms with Gasteiger partial charge in [0.25, 0.3) is 0 Å². The molecular weight excluding hydrogens is 252 g/mol. The minimum absolute atomic E-state index is 0.465. The number of hydrogen-bond acceptors (Lipinski definition) is 4. The number of ether oxygens (including phenoxy) is 1. The first-order valence-corrected chi connectivity index (χ1v) is 7.15. The third-order valence-corrected chi connectivity index (χ3v) is 3.73. The number of benzene rings is 1. The highest BCUT2D eigenvalue weighted by Crippen LogP contribution is 2.21. The molecule has 0 N–H and O–H groups in total. The minimum atomic E-state index is 0.465. The highest BCUT2D eigenvalue weighted by molar-refractivity contribution is 5.21. The summed E-state index contributed by atoms with van der Waals surface area (Å²) in [6, 6.07) is 12.5. The number of rotatable bonds is 5. The smallest absolute Gasteiger partial charge is 0.133 e. The highest BCUT2D eigenvalue weighted by atomic mass is 16.5. The number of likely N-dealkylation sites (tertiary alicyclic amines) is 1. The molecule has 1 aromatic carbocycles. The van der Waals surface area contributed by atoms with Gasteiger partial charge >= 0.3 is 0 Å². The van der Waals surface area contributed by atoms with E-state index in [2.05, 4.69) is 10.1 Å². The molecule has 20 heavy (non-hydrogen) atoms. The second kappa shape index (κ2) is 6.09. The van der Waals surface area contributed by atoms with Gasteiger partial charge in [-0.15, -0.1) is 0 Å². The summed E-state index contributed by atoms with van der Waals surface area (Å²) in [6.45, 7) is 4.62. The topological polar surface area (TPSA) is 38.5 Å². The van der Waals surface area contributed by atoms with E-state index in [4.69, 9.17) is 9.26 Å². The van der Waals surface area contributed by atoms with Gasteiger partial charge in [0.1, 0.15) is 18.1 Å². The van der Waals surface area contributed by atoms with Crippen LogP contribution in [0.3, 0.4) is 0 Å². The average molecular weight is 272 g/mol. The van der Waals surface area contributed by atoms with Crippen molar-refractivity contribution < 1.29 is 9.26 Å². The molecule has 3 rings (SSSR count). The van der Waals surface area contributed by atoms with E-state index >= 15 is 0 Å². The molecule has 1 aliphatic rings. The summed E-state index contributed by atoms with van der Waals surface area (Å²) in [4.78, 5) is 2.43. The fourth-order valence-corrected chi connectivity index (χ4v) is 2.70. The molecule has 1 saturated heterocycles. The number of aromatic nitrogens is 1. The van der Waals surface area contributed by atoms with Gasteiger partial charge < -0.3 is 9.26 Å². The Morgan fingerprint density at radius 2 is 2.20 bits per heavy atom. The molecule has 4 heteroatoms. The van der Waals surface area contributed by atoms with Crippen molar-refractivity contribution >= 4 is 0 Å². The Morgan fingerprint density at radius 3 is 2.95 bits per heavy atom. The normalized spacial score (nSPS) is 19.4. The summed E-state index contributed by atoms with van der Waals surface area (Å²) in [7, 11) is 0. The summed E-state index contributed by atoms with van der Waals surface area (Å²) in [5, 5.41) is 4.07. The zero-order chi connectivity index (χ0) is 13.8. The molecule has 106 valence electrons. The molecule has 1 fully saturated rings. The summed E-state index contributed by atoms with van der Waals surface area (Å²) in [5.41, 5.74) is 1.01. The monoisotopic (exact) mass is 272 g/mol. The molecule has 4 nitrogen and oxygen atoms in total. The van der Waals surface area contributed by atoms with Gasteiger partial charge in [0, 0.05) is 18.7 Å². The molecule has 0 bridgehead atoms. The van der Waals surface area contributed by atoms with E-state index in [1.807, 2.05) is 43.3 Å². The van der Waals surface area contributed by atoms with Gasteiger partial charge in [-0.1, -0.05) is 23.4 Å². The van der Waals surface area contributed by atoms with Crippen LogP contribution in [0.15, 0.2) is 40.9 Å². The van der Waals surface area contributed by atoms with E-state index in [1.54, 1.807) is 0 Å². The van der Waals surface area contributed by atoms with E-state index in [1.165, 1.54) is 12.8 Å². The Bertz CT molecular complexity index is 538. The van der Waals surface area contributed by atoms with Crippen LogP contribution in [0.25, 0.3) is 0 Å². The molecule has 1 aromatic heterocycles. The van der Waals surface area contributed by atoms with Crippen molar-refractivity contribution in [2.45, 2.75) is 32.4 Å². The Morgan fingerprint density at radius 1 is 1.35 bits per heavy atom. The van der Waals surface area contributed by atoms with Crippen molar-refractivity contribution in [3.8, 4) is 5.75 Å². The maximum atomic E-state index is 5.88. The van der Waals surface area contributed by atoms with Crippen LogP contribution in [-0.4, -0.2) is 29.3 Å². The summed E-state index contributed by atoms with van der Waals surface area (Å²) in [6.07, 6.45) is 2.41. The Kier molecular flexibility index (Phi) is 4.02. The molecule has 0 spiro atoms. The molecule has 0 unspecified atom stereocenters. The van der Waals surface area contributed by atoms with Crippen LogP contribution in [0.1, 0.15) is 24.3 Å². The quantitative estimate of drug-likeness (QED) is 0.838. The standard InChI is InChI=1S/C16H20N2O2/c1-13-10-14(17-20-13)11-18-9-5-6-15(18)12-19-16-7-3-2-4-8-16/h2-4,7-8,10,15H,5-6,9,11-12H2,1H3/t15-/m1/s1. The molecule has 0 radical (unpaired) electrons. The van der Waals surface area contributed by atoms with Crippen LogP contribution in [0.2, 0.25) is 0 Å².